The second-order valence-corrected chi connectivity index (χ2v) is 8.56. The molecule has 1 aromatic heterocycles. The molecule has 1 aliphatic heterocycles. The van der Waals surface area contributed by atoms with Gasteiger partial charge in [-0.15, -0.1) is 0 Å². The van der Waals surface area contributed by atoms with Crippen molar-refractivity contribution in [3.05, 3.63) is 88.0 Å². The van der Waals surface area contributed by atoms with Gasteiger partial charge in [0.05, 0.1) is 5.69 Å². The standard InChI is InChI=1S/C26H29N3O.OS/c1-17(2)21-7-5-6-20(12-21)13-26(30)22-9-8-18(3)25(14-22)29-11-10-24-23(16-29)15-27-19(4)28-24;1-2/h5-9,12,14-15,17H,10-11,13,16H2,1-4H3;. The zero-order valence-electron chi connectivity index (χ0n) is 19.1. The Morgan fingerprint density at radius 1 is 1.12 bits per heavy atom. The summed E-state index contributed by atoms with van der Waals surface area (Å²) in [7, 11) is 0. The summed E-state index contributed by atoms with van der Waals surface area (Å²) < 4.78 is 7.83. The van der Waals surface area contributed by atoms with E-state index in [1.807, 2.05) is 31.3 Å². The van der Waals surface area contributed by atoms with E-state index in [9.17, 15) is 4.79 Å². The lowest BCUT2D eigenvalue weighted by Gasteiger charge is -2.31. The Labute approximate surface area is 195 Å². The first kappa shape index (κ1) is 23.7. The Balaban J connectivity index is 0.00000141. The van der Waals surface area contributed by atoms with Crippen molar-refractivity contribution >= 4 is 24.0 Å². The maximum absolute atomic E-state index is 13.0. The summed E-state index contributed by atoms with van der Waals surface area (Å²) in [6.45, 7) is 10.1. The Kier molecular flexibility index (Phi) is 7.80. The quantitative estimate of drug-likeness (QED) is 0.520. The van der Waals surface area contributed by atoms with Gasteiger partial charge in [0.2, 0.25) is 0 Å². The molecule has 0 saturated heterocycles. The normalized spacial score (nSPS) is 12.7. The SMILES string of the molecule is Cc1ncc2c(n1)CCN(c1cc(C(=O)Cc3cccc(C(C)C)c3)ccc1C)C2.O=S. The van der Waals surface area contributed by atoms with Crippen molar-refractivity contribution < 1.29 is 9.00 Å². The summed E-state index contributed by atoms with van der Waals surface area (Å²) in [4.78, 5) is 24.3. The first-order chi connectivity index (χ1) is 15.4. The molecule has 4 rings (SSSR count). The van der Waals surface area contributed by atoms with Crippen molar-refractivity contribution in [1.82, 2.24) is 9.97 Å². The van der Waals surface area contributed by atoms with Crippen molar-refractivity contribution in [1.29, 1.82) is 0 Å². The minimum absolute atomic E-state index is 0.161. The van der Waals surface area contributed by atoms with Crippen molar-refractivity contribution in [3.8, 4) is 0 Å². The lowest BCUT2D eigenvalue weighted by molar-refractivity contribution is 0.0993. The maximum atomic E-state index is 13.0. The van der Waals surface area contributed by atoms with E-state index in [1.54, 1.807) is 0 Å². The van der Waals surface area contributed by atoms with Crippen LogP contribution in [0.2, 0.25) is 0 Å². The third-order valence-corrected chi connectivity index (χ3v) is 5.91. The second-order valence-electron chi connectivity index (χ2n) is 8.56. The number of nitrogens with zero attached hydrogens (tertiary/aromatic N) is 3. The smallest absolute Gasteiger partial charge is 0.197 e. The van der Waals surface area contributed by atoms with E-state index in [-0.39, 0.29) is 5.78 Å². The lowest BCUT2D eigenvalue weighted by atomic mass is 9.96. The van der Waals surface area contributed by atoms with Crippen molar-refractivity contribution in [3.63, 3.8) is 0 Å². The average Bonchev–Trinajstić information content (AvgIpc) is 2.80. The molecule has 0 unspecified atom stereocenters. The number of carbonyl (C=O) groups excluding carboxylic acids is 1. The molecule has 0 radical (unpaired) electrons. The number of carbonyl (C=O) groups is 1. The number of ketones is 1. The van der Waals surface area contributed by atoms with Crippen LogP contribution in [-0.4, -0.2) is 26.5 Å². The fourth-order valence-electron chi connectivity index (χ4n) is 4.09. The molecule has 166 valence electrons. The highest BCUT2D eigenvalue weighted by Crippen LogP contribution is 2.28. The van der Waals surface area contributed by atoms with Crippen LogP contribution in [0.25, 0.3) is 0 Å². The number of anilines is 1. The number of benzene rings is 2. The number of rotatable bonds is 5. The number of hydrogen-bond acceptors (Lipinski definition) is 6. The number of fused-ring (bicyclic) bond motifs is 1. The van der Waals surface area contributed by atoms with Crippen molar-refractivity contribution in [2.45, 2.75) is 53.0 Å². The van der Waals surface area contributed by atoms with Gasteiger partial charge in [-0.1, -0.05) is 50.2 Å². The Morgan fingerprint density at radius 2 is 1.91 bits per heavy atom. The predicted molar refractivity (Wildman–Crippen MR) is 129 cm³/mol. The molecule has 32 heavy (non-hydrogen) atoms. The van der Waals surface area contributed by atoms with Gasteiger partial charge in [0.15, 0.2) is 18.3 Å². The van der Waals surface area contributed by atoms with Gasteiger partial charge in [0.25, 0.3) is 0 Å². The van der Waals surface area contributed by atoms with Crippen molar-refractivity contribution in [2.24, 2.45) is 0 Å². The van der Waals surface area contributed by atoms with Crippen LogP contribution < -0.4 is 4.90 Å². The summed E-state index contributed by atoms with van der Waals surface area (Å²) in [5.74, 6) is 1.45. The minimum Gasteiger partial charge on any atom is -0.366 e. The van der Waals surface area contributed by atoms with Crippen LogP contribution in [-0.2, 0) is 31.9 Å². The number of aromatic nitrogens is 2. The van der Waals surface area contributed by atoms with Crippen LogP contribution in [0.4, 0.5) is 5.69 Å². The van der Waals surface area contributed by atoms with E-state index < -0.39 is 0 Å². The van der Waals surface area contributed by atoms with Gasteiger partial charge >= 0.3 is 0 Å². The van der Waals surface area contributed by atoms with Gasteiger partial charge in [-0.05, 0) is 42.5 Å². The van der Waals surface area contributed by atoms with E-state index in [1.165, 1.54) is 16.7 Å². The summed E-state index contributed by atoms with van der Waals surface area (Å²) in [6.07, 6.45) is 3.27. The molecule has 0 fully saturated rings. The molecule has 2 aromatic carbocycles. The maximum Gasteiger partial charge on any atom is 0.197 e. The highest BCUT2D eigenvalue weighted by molar-refractivity contribution is 7.44. The van der Waals surface area contributed by atoms with E-state index in [4.69, 9.17) is 4.21 Å². The highest BCUT2D eigenvalue weighted by Gasteiger charge is 2.20. The topological polar surface area (TPSA) is 63.2 Å². The second kappa shape index (κ2) is 10.6. The molecule has 5 nitrogen and oxygen atoms in total. The van der Waals surface area contributed by atoms with Crippen LogP contribution in [0.5, 0.6) is 0 Å². The molecule has 0 amide bonds. The number of hydrogen-bond donors (Lipinski definition) is 0. The average molecular weight is 448 g/mol. The lowest BCUT2D eigenvalue weighted by Crippen LogP contribution is -2.32. The fraction of sp³-hybridized carbons (Fsp3) is 0.346. The van der Waals surface area contributed by atoms with Crippen LogP contribution >= 0.6 is 0 Å². The first-order valence-electron chi connectivity index (χ1n) is 10.9. The van der Waals surface area contributed by atoms with E-state index in [0.717, 1.165) is 47.8 Å². The van der Waals surface area contributed by atoms with Crippen molar-refractivity contribution in [2.75, 3.05) is 11.4 Å². The highest BCUT2D eigenvalue weighted by atomic mass is 32.1. The van der Waals surface area contributed by atoms with Crippen LogP contribution in [0.1, 0.15) is 63.9 Å². The molecule has 0 bridgehead atoms. The van der Waals surface area contributed by atoms with E-state index >= 15 is 0 Å². The van der Waals surface area contributed by atoms with Gasteiger partial charge < -0.3 is 4.90 Å². The molecular formula is C26H29N3O2S. The fourth-order valence-corrected chi connectivity index (χ4v) is 4.09. The summed E-state index contributed by atoms with van der Waals surface area (Å²) in [5, 5.41) is 0. The van der Waals surface area contributed by atoms with Crippen LogP contribution in [0.15, 0.2) is 48.7 Å². The molecular weight excluding hydrogens is 418 g/mol. The summed E-state index contributed by atoms with van der Waals surface area (Å²) >= 11 is 2.83. The molecule has 1 aliphatic rings. The monoisotopic (exact) mass is 447 g/mol. The third-order valence-electron chi connectivity index (χ3n) is 5.91. The number of Topliss-reactive ketones (excluding diaryl/α,β-unsaturated/α-hetero) is 1. The van der Waals surface area contributed by atoms with E-state index in [0.29, 0.717) is 12.3 Å². The van der Waals surface area contributed by atoms with Gasteiger partial charge in [-0.2, -0.15) is 4.21 Å². The van der Waals surface area contributed by atoms with Gasteiger partial charge in [0.1, 0.15) is 5.82 Å². The summed E-state index contributed by atoms with van der Waals surface area (Å²) in [6, 6.07) is 14.5. The Hall–Kier alpha value is -2.99. The predicted octanol–water partition coefficient (Wildman–Crippen LogP) is 4.87. The molecule has 0 saturated carbocycles. The van der Waals surface area contributed by atoms with E-state index in [2.05, 4.69) is 72.4 Å². The molecule has 0 atom stereocenters. The Bertz CT molecular complexity index is 1110. The zero-order valence-corrected chi connectivity index (χ0v) is 19.9. The molecule has 0 aliphatic carbocycles. The van der Waals surface area contributed by atoms with Gasteiger partial charge in [-0.25, -0.2) is 9.97 Å². The molecule has 0 N–H and O–H groups in total. The van der Waals surface area contributed by atoms with Crippen LogP contribution in [0, 0.1) is 13.8 Å². The minimum atomic E-state index is 0.161. The van der Waals surface area contributed by atoms with Gasteiger partial charge in [0, 0.05) is 48.9 Å². The Morgan fingerprint density at radius 3 is 2.66 bits per heavy atom. The molecule has 2 heterocycles. The zero-order chi connectivity index (χ0) is 23.3. The van der Waals surface area contributed by atoms with Crippen LogP contribution in [0.3, 0.4) is 0 Å². The molecule has 0 spiro atoms. The third kappa shape index (κ3) is 5.43. The summed E-state index contributed by atoms with van der Waals surface area (Å²) in [5.41, 5.74) is 7.76. The number of aryl methyl sites for hydroxylation is 2. The van der Waals surface area contributed by atoms with Gasteiger partial charge in [-0.3, -0.25) is 4.79 Å². The first-order valence-corrected chi connectivity index (χ1v) is 11.2. The largest absolute Gasteiger partial charge is 0.366 e. The molecule has 3 aromatic rings. The molecule has 6 heteroatoms.